The van der Waals surface area contributed by atoms with Crippen molar-refractivity contribution >= 4 is 37.8 Å². The first-order valence-electron chi connectivity index (χ1n) is 14.8. The summed E-state index contributed by atoms with van der Waals surface area (Å²) in [6, 6.07) is 25.7. The highest BCUT2D eigenvalue weighted by atomic mass is 32.2. The molecule has 228 valence electrons. The number of esters is 1. The Morgan fingerprint density at radius 2 is 1.62 bits per heavy atom. The molecule has 2 aromatic heterocycles. The van der Waals surface area contributed by atoms with Crippen molar-refractivity contribution in [3.63, 3.8) is 0 Å². The minimum atomic E-state index is -4.04. The quantitative estimate of drug-likeness (QED) is 0.174. The zero-order valence-corrected chi connectivity index (χ0v) is 25.3. The van der Waals surface area contributed by atoms with Gasteiger partial charge in [-0.1, -0.05) is 42.5 Å². The number of halogens is 1. The number of ether oxygens (including phenoxy) is 2. The van der Waals surface area contributed by atoms with Gasteiger partial charge in [0, 0.05) is 41.3 Å². The molecular formula is C35H30FN3O5S. The van der Waals surface area contributed by atoms with E-state index in [1.54, 1.807) is 67.7 Å². The highest BCUT2D eigenvalue weighted by Crippen LogP contribution is 2.43. The van der Waals surface area contributed by atoms with Crippen LogP contribution in [-0.4, -0.2) is 48.0 Å². The number of nitrogens with zero attached hydrogens (tertiary/aromatic N) is 3. The van der Waals surface area contributed by atoms with Crippen molar-refractivity contribution in [3.05, 3.63) is 109 Å². The fourth-order valence-corrected chi connectivity index (χ4v) is 7.49. The van der Waals surface area contributed by atoms with E-state index in [4.69, 9.17) is 9.47 Å². The molecule has 4 aromatic carbocycles. The molecule has 7 rings (SSSR count). The molecule has 0 saturated carbocycles. The van der Waals surface area contributed by atoms with Crippen LogP contribution >= 0.6 is 0 Å². The Hall–Kier alpha value is -4.80. The maximum absolute atomic E-state index is 14.1. The van der Waals surface area contributed by atoms with Crippen molar-refractivity contribution in [3.8, 4) is 22.4 Å². The maximum atomic E-state index is 14.1. The van der Waals surface area contributed by atoms with E-state index < -0.39 is 16.0 Å². The van der Waals surface area contributed by atoms with Gasteiger partial charge in [-0.3, -0.25) is 0 Å². The summed E-state index contributed by atoms with van der Waals surface area (Å²) in [6.07, 6.45) is 3.06. The van der Waals surface area contributed by atoms with Crippen LogP contribution in [0.4, 0.5) is 4.39 Å². The molecule has 0 radical (unpaired) electrons. The molecule has 1 fully saturated rings. The van der Waals surface area contributed by atoms with Crippen LogP contribution in [0.3, 0.4) is 0 Å². The summed E-state index contributed by atoms with van der Waals surface area (Å²) in [5.41, 5.74) is 5.03. The van der Waals surface area contributed by atoms with Gasteiger partial charge in [0.25, 0.3) is 10.0 Å². The number of carbonyl (C=O) groups excluding carboxylic acids is 1. The fraction of sp³-hybridized carbons (Fsp3) is 0.200. The first-order valence-corrected chi connectivity index (χ1v) is 16.3. The molecule has 0 N–H and O–H groups in total. The molecule has 1 aliphatic heterocycles. The summed E-state index contributed by atoms with van der Waals surface area (Å²) in [5.74, 6) is -0.746. The molecule has 3 heterocycles. The second kappa shape index (κ2) is 11.6. The molecule has 0 unspecified atom stereocenters. The monoisotopic (exact) mass is 623 g/mol. The van der Waals surface area contributed by atoms with Crippen LogP contribution < -0.4 is 0 Å². The largest absolute Gasteiger partial charge is 0.462 e. The standard InChI is InChI=1S/C35H30FN3O5S/c1-2-44-35(40)25-10-8-24(9-11-25)32-21-31-33-26(22-37-39(33)45(41,42)29-6-4-3-5-7-29)20-30(23-12-14-27(36)15-13-23)34(31)38(32)28-16-18-43-19-17-28/h3-15,20-22,28H,2,16-19H2,1H3. The molecule has 0 atom stereocenters. The summed E-state index contributed by atoms with van der Waals surface area (Å²) >= 11 is 0. The van der Waals surface area contributed by atoms with E-state index in [9.17, 15) is 17.6 Å². The summed E-state index contributed by atoms with van der Waals surface area (Å²) < 4.78 is 56.2. The Labute approximate surface area is 259 Å². The SMILES string of the molecule is CCOC(=O)c1ccc(-c2cc3c4c(cnn4S(=O)(=O)c4ccccc4)cc(-c4ccc(F)cc4)c3n2C2CCOCC2)cc1. The number of carbonyl (C=O) groups is 1. The highest BCUT2D eigenvalue weighted by Gasteiger charge is 2.28. The van der Waals surface area contributed by atoms with Crippen LogP contribution in [0.1, 0.15) is 36.2 Å². The molecular weight excluding hydrogens is 593 g/mol. The van der Waals surface area contributed by atoms with Crippen molar-refractivity contribution in [2.45, 2.75) is 30.7 Å². The van der Waals surface area contributed by atoms with E-state index in [1.165, 1.54) is 12.1 Å². The van der Waals surface area contributed by atoms with Crippen LogP contribution in [0.5, 0.6) is 0 Å². The van der Waals surface area contributed by atoms with E-state index in [0.717, 1.165) is 44.8 Å². The van der Waals surface area contributed by atoms with E-state index in [0.29, 0.717) is 35.1 Å². The molecule has 8 nitrogen and oxygen atoms in total. The lowest BCUT2D eigenvalue weighted by Gasteiger charge is -2.27. The molecule has 0 bridgehead atoms. The predicted molar refractivity (Wildman–Crippen MR) is 170 cm³/mol. The normalized spacial score (nSPS) is 14.3. The van der Waals surface area contributed by atoms with Crippen molar-refractivity contribution in [1.29, 1.82) is 0 Å². The Balaban J connectivity index is 1.56. The van der Waals surface area contributed by atoms with Crippen molar-refractivity contribution in [1.82, 2.24) is 13.8 Å². The second-order valence-corrected chi connectivity index (χ2v) is 12.7. The van der Waals surface area contributed by atoms with Crippen molar-refractivity contribution < 1.29 is 27.1 Å². The number of fused-ring (bicyclic) bond motifs is 3. The van der Waals surface area contributed by atoms with Crippen LogP contribution in [0.25, 0.3) is 44.2 Å². The van der Waals surface area contributed by atoms with Gasteiger partial charge < -0.3 is 14.0 Å². The molecule has 6 aromatic rings. The Bertz CT molecular complexity index is 2130. The lowest BCUT2D eigenvalue weighted by atomic mass is 9.99. The molecule has 0 spiro atoms. The number of hydrogen-bond acceptors (Lipinski definition) is 6. The first-order chi connectivity index (χ1) is 21.9. The molecule has 10 heteroatoms. The summed E-state index contributed by atoms with van der Waals surface area (Å²) in [7, 11) is -4.04. The van der Waals surface area contributed by atoms with Gasteiger partial charge in [-0.05, 0) is 79.4 Å². The second-order valence-electron chi connectivity index (χ2n) is 11.0. The van der Waals surface area contributed by atoms with Crippen LogP contribution in [0.15, 0.2) is 102 Å². The van der Waals surface area contributed by atoms with Crippen LogP contribution in [0.2, 0.25) is 0 Å². The smallest absolute Gasteiger partial charge is 0.338 e. The van der Waals surface area contributed by atoms with Gasteiger partial charge in [-0.25, -0.2) is 9.18 Å². The minimum Gasteiger partial charge on any atom is -0.462 e. The predicted octanol–water partition coefficient (Wildman–Crippen LogP) is 7.23. The van der Waals surface area contributed by atoms with Crippen molar-refractivity contribution in [2.75, 3.05) is 19.8 Å². The van der Waals surface area contributed by atoms with Gasteiger partial charge >= 0.3 is 5.97 Å². The van der Waals surface area contributed by atoms with E-state index in [1.807, 2.05) is 24.3 Å². The van der Waals surface area contributed by atoms with Gasteiger partial charge in [-0.2, -0.15) is 17.6 Å². The zero-order chi connectivity index (χ0) is 31.1. The van der Waals surface area contributed by atoms with E-state index >= 15 is 0 Å². The maximum Gasteiger partial charge on any atom is 0.338 e. The number of hydrogen-bond donors (Lipinski definition) is 0. The average Bonchev–Trinajstić information content (AvgIpc) is 3.69. The lowest BCUT2D eigenvalue weighted by molar-refractivity contribution is 0.0526. The third-order valence-electron chi connectivity index (χ3n) is 8.28. The van der Waals surface area contributed by atoms with Gasteiger partial charge in [-0.15, -0.1) is 0 Å². The first kappa shape index (κ1) is 28.9. The van der Waals surface area contributed by atoms with Gasteiger partial charge in [0.05, 0.1) is 34.3 Å². The Kier molecular flexibility index (Phi) is 7.47. The summed E-state index contributed by atoms with van der Waals surface area (Å²) in [6.45, 7) is 3.21. The summed E-state index contributed by atoms with van der Waals surface area (Å²) in [5, 5.41) is 5.73. The number of aromatic nitrogens is 3. The van der Waals surface area contributed by atoms with Crippen LogP contribution in [-0.2, 0) is 19.5 Å². The van der Waals surface area contributed by atoms with Crippen LogP contribution in [0, 0.1) is 5.82 Å². The number of benzene rings is 4. The minimum absolute atomic E-state index is 0.0368. The highest BCUT2D eigenvalue weighted by molar-refractivity contribution is 7.90. The number of rotatable bonds is 7. The third-order valence-corrected chi connectivity index (χ3v) is 9.88. The Morgan fingerprint density at radius 3 is 2.31 bits per heavy atom. The van der Waals surface area contributed by atoms with E-state index in [-0.39, 0.29) is 23.4 Å². The third kappa shape index (κ3) is 5.09. The lowest BCUT2D eigenvalue weighted by Crippen LogP contribution is -2.20. The molecule has 0 aliphatic carbocycles. The summed E-state index contributed by atoms with van der Waals surface area (Å²) in [4.78, 5) is 12.5. The van der Waals surface area contributed by atoms with E-state index in [2.05, 4.69) is 9.67 Å². The molecule has 1 aliphatic rings. The van der Waals surface area contributed by atoms with Crippen molar-refractivity contribution in [2.24, 2.45) is 0 Å². The van der Waals surface area contributed by atoms with Gasteiger partial charge in [0.15, 0.2) is 0 Å². The van der Waals surface area contributed by atoms with Gasteiger partial charge in [0.2, 0.25) is 0 Å². The fourth-order valence-electron chi connectivity index (χ4n) is 6.17. The van der Waals surface area contributed by atoms with Gasteiger partial charge in [0.1, 0.15) is 5.82 Å². The molecule has 45 heavy (non-hydrogen) atoms. The molecule has 0 amide bonds. The average molecular weight is 624 g/mol. The molecule has 1 saturated heterocycles. The zero-order valence-electron chi connectivity index (χ0n) is 24.5. The topological polar surface area (TPSA) is 92.4 Å². The Morgan fingerprint density at radius 1 is 0.933 bits per heavy atom.